The molecule has 0 radical (unpaired) electrons. The lowest BCUT2D eigenvalue weighted by Gasteiger charge is -2.19. The molecule has 0 saturated carbocycles. The zero-order valence-electron chi connectivity index (χ0n) is 11.5. The van der Waals surface area contributed by atoms with Gasteiger partial charge in [-0.1, -0.05) is 6.07 Å². The number of nitrogens with one attached hydrogen (secondary N) is 2. The largest absolute Gasteiger partial charge is 0.505 e. The molecule has 0 bridgehead atoms. The molecule has 2 amide bonds. The molecular formula is C13H16N2O6. The number of carbonyl (C=O) groups is 3. The van der Waals surface area contributed by atoms with Crippen LogP contribution in [0.15, 0.2) is 18.2 Å². The van der Waals surface area contributed by atoms with Gasteiger partial charge in [0.05, 0.1) is 24.5 Å². The molecule has 8 nitrogen and oxygen atoms in total. The molecule has 0 aliphatic heterocycles. The number of methoxy groups -OCH3 is 1. The molecule has 1 rings (SSSR count). The summed E-state index contributed by atoms with van der Waals surface area (Å²) in [6, 6.07) is 2.87. The van der Waals surface area contributed by atoms with Crippen molar-refractivity contribution in [1.29, 1.82) is 0 Å². The maximum absolute atomic E-state index is 12.1. The number of rotatable bonds is 6. The molecule has 4 N–H and O–H groups in total. The zero-order valence-corrected chi connectivity index (χ0v) is 11.5. The van der Waals surface area contributed by atoms with E-state index in [4.69, 9.17) is 0 Å². The second-order valence-corrected chi connectivity index (χ2v) is 4.18. The van der Waals surface area contributed by atoms with Crippen LogP contribution in [-0.2, 0) is 14.3 Å². The summed E-state index contributed by atoms with van der Waals surface area (Å²) in [6.07, 6.45) is -0.830. The van der Waals surface area contributed by atoms with Gasteiger partial charge >= 0.3 is 5.97 Å². The summed E-state index contributed by atoms with van der Waals surface area (Å²) in [5.41, 5.74) is -0.110. The molecule has 0 spiro atoms. The quantitative estimate of drug-likeness (QED) is 0.322. The summed E-state index contributed by atoms with van der Waals surface area (Å²) in [5, 5.41) is 23.8. The highest BCUT2D eigenvalue weighted by molar-refractivity contribution is 6.01. The van der Waals surface area contributed by atoms with E-state index >= 15 is 0 Å². The minimum atomic E-state index is -1.27. The number of anilines is 1. The molecule has 114 valence electrons. The van der Waals surface area contributed by atoms with Gasteiger partial charge in [0.2, 0.25) is 6.41 Å². The van der Waals surface area contributed by atoms with Gasteiger partial charge < -0.3 is 25.6 Å². The SMILES string of the molecule is COC(=O)[C@@H](NC(=O)c1cccc(NC=O)c1O)[C@@H](C)O. The Hall–Kier alpha value is -2.61. The van der Waals surface area contributed by atoms with Crippen molar-refractivity contribution in [1.82, 2.24) is 5.32 Å². The Morgan fingerprint density at radius 3 is 2.57 bits per heavy atom. The van der Waals surface area contributed by atoms with Gasteiger partial charge in [-0.25, -0.2) is 4.79 Å². The zero-order chi connectivity index (χ0) is 16.0. The van der Waals surface area contributed by atoms with Crippen LogP contribution in [0.1, 0.15) is 17.3 Å². The van der Waals surface area contributed by atoms with E-state index in [0.717, 1.165) is 7.11 Å². The molecule has 2 atom stereocenters. The fourth-order valence-electron chi connectivity index (χ4n) is 1.63. The van der Waals surface area contributed by atoms with E-state index in [2.05, 4.69) is 15.4 Å². The molecule has 0 saturated heterocycles. The predicted molar refractivity (Wildman–Crippen MR) is 72.7 cm³/mol. The minimum absolute atomic E-state index is 0.0457. The van der Waals surface area contributed by atoms with Crippen molar-refractivity contribution >= 4 is 24.0 Å². The number of hydrogen-bond acceptors (Lipinski definition) is 6. The molecule has 1 aromatic rings. The van der Waals surface area contributed by atoms with Crippen LogP contribution in [0.3, 0.4) is 0 Å². The van der Waals surface area contributed by atoms with E-state index in [9.17, 15) is 24.6 Å². The summed E-state index contributed by atoms with van der Waals surface area (Å²) in [6.45, 7) is 1.31. The van der Waals surface area contributed by atoms with E-state index < -0.39 is 29.8 Å². The van der Waals surface area contributed by atoms with Crippen LogP contribution in [0, 0.1) is 0 Å². The highest BCUT2D eigenvalue weighted by Crippen LogP contribution is 2.26. The number of hydrogen-bond donors (Lipinski definition) is 4. The number of esters is 1. The van der Waals surface area contributed by atoms with Gasteiger partial charge in [0, 0.05) is 0 Å². The molecule has 0 aliphatic carbocycles. The Balaban J connectivity index is 3.00. The Labute approximate surface area is 120 Å². The summed E-state index contributed by atoms with van der Waals surface area (Å²) in [4.78, 5) is 33.9. The van der Waals surface area contributed by atoms with Crippen molar-refractivity contribution in [3.8, 4) is 5.75 Å². The highest BCUT2D eigenvalue weighted by Gasteiger charge is 2.28. The van der Waals surface area contributed by atoms with Gasteiger partial charge in [-0.05, 0) is 19.1 Å². The lowest BCUT2D eigenvalue weighted by molar-refractivity contribution is -0.145. The van der Waals surface area contributed by atoms with Crippen LogP contribution in [0.4, 0.5) is 5.69 Å². The Bertz CT molecular complexity index is 543. The molecule has 0 unspecified atom stereocenters. The third kappa shape index (κ3) is 3.93. The van der Waals surface area contributed by atoms with Crippen LogP contribution < -0.4 is 10.6 Å². The highest BCUT2D eigenvalue weighted by atomic mass is 16.5. The first-order valence-corrected chi connectivity index (χ1v) is 6.01. The van der Waals surface area contributed by atoms with Gasteiger partial charge in [-0.2, -0.15) is 0 Å². The molecule has 8 heteroatoms. The Kier molecular flexibility index (Phi) is 5.67. The second kappa shape index (κ2) is 7.25. The maximum Gasteiger partial charge on any atom is 0.331 e. The molecule has 0 heterocycles. The van der Waals surface area contributed by atoms with Gasteiger partial charge in [-0.3, -0.25) is 9.59 Å². The summed E-state index contributed by atoms with van der Waals surface area (Å²) in [7, 11) is 1.12. The summed E-state index contributed by atoms with van der Waals surface area (Å²) < 4.78 is 4.47. The standard InChI is InChI=1S/C13H16N2O6/c1-7(17)10(13(20)21-2)15-12(19)8-4-3-5-9(11(8)18)14-6-16/h3-7,10,17-18H,1-2H3,(H,14,16)(H,15,19)/t7-,10+/m1/s1. The van der Waals surface area contributed by atoms with E-state index in [-0.39, 0.29) is 11.3 Å². The monoisotopic (exact) mass is 296 g/mol. The number of amides is 2. The number of phenolic OH excluding ortho intramolecular Hbond substituents is 1. The van der Waals surface area contributed by atoms with Crippen LogP contribution >= 0.6 is 0 Å². The summed E-state index contributed by atoms with van der Waals surface area (Å²) in [5.74, 6) is -2.06. The van der Waals surface area contributed by atoms with Crippen molar-refractivity contribution in [2.75, 3.05) is 12.4 Å². The molecular weight excluding hydrogens is 280 g/mol. The van der Waals surface area contributed by atoms with Crippen LogP contribution in [0.25, 0.3) is 0 Å². The first-order valence-electron chi connectivity index (χ1n) is 6.01. The predicted octanol–water partition coefficient (Wildman–Crippen LogP) is -0.387. The first kappa shape index (κ1) is 16.4. The van der Waals surface area contributed by atoms with E-state index in [1.54, 1.807) is 0 Å². The topological polar surface area (TPSA) is 125 Å². The van der Waals surface area contributed by atoms with Crippen LogP contribution in [0.5, 0.6) is 5.75 Å². The number of benzene rings is 1. The van der Waals surface area contributed by atoms with E-state index in [1.165, 1.54) is 25.1 Å². The molecule has 0 aliphatic rings. The Morgan fingerprint density at radius 2 is 2.05 bits per heavy atom. The number of aliphatic hydroxyl groups excluding tert-OH is 1. The lowest BCUT2D eigenvalue weighted by Crippen LogP contribution is -2.48. The fourth-order valence-corrected chi connectivity index (χ4v) is 1.63. The van der Waals surface area contributed by atoms with E-state index in [1.807, 2.05) is 0 Å². The van der Waals surface area contributed by atoms with Gasteiger partial charge in [0.1, 0.15) is 0 Å². The first-order chi connectivity index (χ1) is 9.92. The fraction of sp³-hybridized carbons (Fsp3) is 0.308. The van der Waals surface area contributed by atoms with Crippen LogP contribution in [-0.4, -0.2) is 47.8 Å². The van der Waals surface area contributed by atoms with Crippen molar-refractivity contribution in [2.45, 2.75) is 19.1 Å². The lowest BCUT2D eigenvalue weighted by atomic mass is 10.1. The van der Waals surface area contributed by atoms with Crippen LogP contribution in [0.2, 0.25) is 0 Å². The average molecular weight is 296 g/mol. The third-order valence-corrected chi connectivity index (χ3v) is 2.72. The van der Waals surface area contributed by atoms with Crippen molar-refractivity contribution in [2.24, 2.45) is 0 Å². The van der Waals surface area contributed by atoms with Crippen molar-refractivity contribution < 1.29 is 29.3 Å². The minimum Gasteiger partial charge on any atom is -0.505 e. The number of carbonyl (C=O) groups excluding carboxylic acids is 3. The molecule has 0 fully saturated rings. The number of aromatic hydroxyl groups is 1. The number of phenols is 1. The van der Waals surface area contributed by atoms with E-state index in [0.29, 0.717) is 6.41 Å². The van der Waals surface area contributed by atoms with Gasteiger partial charge in [0.15, 0.2) is 11.8 Å². The van der Waals surface area contributed by atoms with Gasteiger partial charge in [0.25, 0.3) is 5.91 Å². The normalized spacial score (nSPS) is 12.9. The number of para-hydroxylation sites is 1. The maximum atomic E-state index is 12.1. The average Bonchev–Trinajstić information content (AvgIpc) is 2.45. The molecule has 21 heavy (non-hydrogen) atoms. The Morgan fingerprint density at radius 1 is 1.38 bits per heavy atom. The number of ether oxygens (including phenoxy) is 1. The molecule has 1 aromatic carbocycles. The second-order valence-electron chi connectivity index (χ2n) is 4.18. The summed E-state index contributed by atoms with van der Waals surface area (Å²) >= 11 is 0. The smallest absolute Gasteiger partial charge is 0.331 e. The molecule has 0 aromatic heterocycles. The van der Waals surface area contributed by atoms with Crippen molar-refractivity contribution in [3.63, 3.8) is 0 Å². The third-order valence-electron chi connectivity index (χ3n) is 2.72. The number of aliphatic hydroxyl groups is 1. The van der Waals surface area contributed by atoms with Gasteiger partial charge in [-0.15, -0.1) is 0 Å². The van der Waals surface area contributed by atoms with Crippen molar-refractivity contribution in [3.05, 3.63) is 23.8 Å².